The van der Waals surface area contributed by atoms with Gasteiger partial charge in [-0.1, -0.05) is 15.9 Å². The molecule has 0 radical (unpaired) electrons. The molecule has 0 saturated heterocycles. The molecule has 21 heavy (non-hydrogen) atoms. The summed E-state index contributed by atoms with van der Waals surface area (Å²) in [5.41, 5.74) is 0.180. The van der Waals surface area contributed by atoms with Gasteiger partial charge in [0.25, 0.3) is 0 Å². The molecule has 0 aromatic heterocycles. The number of hydrogen-bond donors (Lipinski definition) is 0. The Bertz CT molecular complexity index is 508. The van der Waals surface area contributed by atoms with Crippen molar-refractivity contribution in [3.05, 3.63) is 28.2 Å². The molecule has 0 N–H and O–H groups in total. The number of hydrogen-bond acceptors (Lipinski definition) is 4. The first-order valence-corrected chi connectivity index (χ1v) is 9.04. The van der Waals surface area contributed by atoms with Crippen molar-refractivity contribution >= 4 is 23.5 Å². The molecule has 1 unspecified atom stereocenters. The molecule has 4 nitrogen and oxygen atoms in total. The topological polar surface area (TPSA) is 44.8 Å². The van der Waals surface area contributed by atoms with Gasteiger partial charge < -0.3 is 13.8 Å². The van der Waals surface area contributed by atoms with Crippen LogP contribution in [0.1, 0.15) is 39.2 Å². The Morgan fingerprint density at radius 3 is 2.10 bits per heavy atom. The Morgan fingerprint density at radius 2 is 1.67 bits per heavy atom. The highest BCUT2D eigenvalue weighted by molar-refractivity contribution is 9.10. The molecule has 7 heteroatoms. The van der Waals surface area contributed by atoms with E-state index in [1.807, 2.05) is 0 Å². The lowest BCUT2D eigenvalue weighted by Gasteiger charge is -2.26. The predicted molar refractivity (Wildman–Crippen MR) is 84.6 cm³/mol. The monoisotopic (exact) mass is 382 g/mol. The molecule has 0 bridgehead atoms. The Balaban J connectivity index is 3.21. The van der Waals surface area contributed by atoms with Gasteiger partial charge in [0.1, 0.15) is 5.75 Å². The second kappa shape index (κ2) is 7.73. The van der Waals surface area contributed by atoms with Crippen molar-refractivity contribution in [2.45, 2.75) is 45.8 Å². The van der Waals surface area contributed by atoms with Gasteiger partial charge in [-0.15, -0.1) is 0 Å². The molecule has 0 aliphatic heterocycles. The number of halogens is 2. The summed E-state index contributed by atoms with van der Waals surface area (Å²) in [6.45, 7) is 6.74. The molecule has 0 amide bonds. The highest BCUT2D eigenvalue weighted by Gasteiger charge is 2.40. The van der Waals surface area contributed by atoms with Crippen LogP contribution in [0.15, 0.2) is 22.7 Å². The quantitative estimate of drug-likeness (QED) is 0.586. The van der Waals surface area contributed by atoms with E-state index < -0.39 is 25.7 Å². The zero-order valence-electron chi connectivity index (χ0n) is 12.8. The molecule has 0 aliphatic carbocycles. The van der Waals surface area contributed by atoms with Gasteiger partial charge in [-0.25, -0.2) is 4.39 Å². The molecule has 1 aromatic carbocycles. The SMILES string of the molecule is COc1ccc(Br)c(C(F)P(=O)(OC(C)C)OC(C)C)c1. The van der Waals surface area contributed by atoms with Crippen LogP contribution in [0, 0.1) is 0 Å². The maximum Gasteiger partial charge on any atom is 0.369 e. The van der Waals surface area contributed by atoms with E-state index in [9.17, 15) is 8.96 Å². The van der Waals surface area contributed by atoms with Crippen molar-refractivity contribution in [3.63, 3.8) is 0 Å². The highest BCUT2D eigenvalue weighted by atomic mass is 79.9. The smallest absolute Gasteiger partial charge is 0.369 e. The molecular formula is C14H21BrFO4P. The average molecular weight is 383 g/mol. The second-order valence-corrected chi connectivity index (χ2v) is 7.88. The zero-order valence-corrected chi connectivity index (χ0v) is 15.3. The predicted octanol–water partition coefficient (Wildman–Crippen LogP) is 5.47. The third kappa shape index (κ3) is 5.06. The second-order valence-electron chi connectivity index (χ2n) is 5.07. The van der Waals surface area contributed by atoms with Crippen molar-refractivity contribution in [3.8, 4) is 5.75 Å². The number of alkyl halides is 1. The maximum absolute atomic E-state index is 14.9. The van der Waals surface area contributed by atoms with Crippen LogP contribution in [-0.4, -0.2) is 19.3 Å². The van der Waals surface area contributed by atoms with E-state index in [2.05, 4.69) is 15.9 Å². The van der Waals surface area contributed by atoms with Gasteiger partial charge in [0.05, 0.1) is 19.3 Å². The Kier molecular flexibility index (Phi) is 6.85. The fraction of sp³-hybridized carbons (Fsp3) is 0.571. The minimum atomic E-state index is -3.95. The van der Waals surface area contributed by atoms with Crippen LogP contribution in [0.2, 0.25) is 0 Å². The molecule has 0 fully saturated rings. The first kappa shape index (κ1) is 18.6. The standard InChI is InChI=1S/C14H21BrFO4P/c1-9(2)19-21(17,20-10(3)4)14(16)12-8-11(18-5)6-7-13(12)15/h6-10,14H,1-5H3. The van der Waals surface area contributed by atoms with E-state index in [1.165, 1.54) is 13.2 Å². The minimum absolute atomic E-state index is 0.180. The van der Waals surface area contributed by atoms with Crippen LogP contribution >= 0.6 is 23.5 Å². The number of ether oxygens (including phenoxy) is 1. The van der Waals surface area contributed by atoms with E-state index in [0.717, 1.165) is 0 Å². The van der Waals surface area contributed by atoms with Crippen molar-refractivity contribution < 1.29 is 22.7 Å². The summed E-state index contributed by atoms with van der Waals surface area (Å²) in [5.74, 6) is -1.43. The van der Waals surface area contributed by atoms with Crippen molar-refractivity contribution in [1.82, 2.24) is 0 Å². The first-order valence-electron chi connectivity index (χ1n) is 6.63. The van der Waals surface area contributed by atoms with Crippen LogP contribution < -0.4 is 4.74 Å². The average Bonchev–Trinajstić information content (AvgIpc) is 2.36. The summed E-state index contributed by atoms with van der Waals surface area (Å²) in [4.78, 5) is 0. The van der Waals surface area contributed by atoms with Gasteiger partial charge in [0.15, 0.2) is 0 Å². The van der Waals surface area contributed by atoms with E-state index in [-0.39, 0.29) is 5.56 Å². The summed E-state index contributed by atoms with van der Waals surface area (Å²) in [6, 6.07) is 4.79. The Hall–Kier alpha value is -0.420. The Morgan fingerprint density at radius 1 is 1.14 bits per heavy atom. The van der Waals surface area contributed by atoms with Crippen LogP contribution in [-0.2, 0) is 13.6 Å². The zero-order chi connectivity index (χ0) is 16.2. The molecule has 1 rings (SSSR count). The van der Waals surface area contributed by atoms with Crippen LogP contribution in [0.3, 0.4) is 0 Å². The molecule has 0 aliphatic rings. The van der Waals surface area contributed by atoms with Gasteiger partial charge in [-0.2, -0.15) is 0 Å². The number of methoxy groups -OCH3 is 1. The highest BCUT2D eigenvalue weighted by Crippen LogP contribution is 2.64. The van der Waals surface area contributed by atoms with Crippen LogP contribution in [0.5, 0.6) is 5.75 Å². The fourth-order valence-corrected chi connectivity index (χ4v) is 4.34. The summed E-state index contributed by atoms with van der Waals surface area (Å²) in [7, 11) is -2.47. The molecule has 0 heterocycles. The third-order valence-corrected chi connectivity index (χ3v) is 5.44. The molecule has 0 saturated carbocycles. The van der Waals surface area contributed by atoms with Gasteiger partial charge in [-0.3, -0.25) is 4.57 Å². The summed E-state index contributed by atoms with van der Waals surface area (Å²) in [5, 5.41) is 0. The van der Waals surface area contributed by atoms with Crippen molar-refractivity contribution in [2.75, 3.05) is 7.11 Å². The lowest BCUT2D eigenvalue weighted by atomic mass is 10.2. The largest absolute Gasteiger partial charge is 0.497 e. The van der Waals surface area contributed by atoms with Crippen LogP contribution in [0.4, 0.5) is 4.39 Å². The molecule has 1 aromatic rings. The lowest BCUT2D eigenvalue weighted by Crippen LogP contribution is -2.12. The van der Waals surface area contributed by atoms with Gasteiger partial charge >= 0.3 is 7.60 Å². The lowest BCUT2D eigenvalue weighted by molar-refractivity contribution is 0.123. The molecule has 0 spiro atoms. The molecular weight excluding hydrogens is 362 g/mol. The Labute approximate surface area is 133 Å². The minimum Gasteiger partial charge on any atom is -0.497 e. The summed E-state index contributed by atoms with van der Waals surface area (Å²) >= 11 is 3.26. The molecule has 1 atom stereocenters. The van der Waals surface area contributed by atoms with Gasteiger partial charge in [0, 0.05) is 10.0 Å². The van der Waals surface area contributed by atoms with Gasteiger partial charge in [-0.05, 0) is 45.9 Å². The fourth-order valence-electron chi connectivity index (χ4n) is 1.72. The van der Waals surface area contributed by atoms with E-state index in [4.69, 9.17) is 13.8 Å². The summed E-state index contributed by atoms with van der Waals surface area (Å²) < 4.78 is 43.8. The van der Waals surface area contributed by atoms with E-state index >= 15 is 0 Å². The van der Waals surface area contributed by atoms with Crippen LogP contribution in [0.25, 0.3) is 0 Å². The van der Waals surface area contributed by atoms with Gasteiger partial charge in [0.2, 0.25) is 5.91 Å². The summed E-state index contributed by atoms with van der Waals surface area (Å²) in [6.07, 6.45) is -0.838. The normalized spacial score (nSPS) is 13.8. The third-order valence-electron chi connectivity index (χ3n) is 2.45. The van der Waals surface area contributed by atoms with Crippen molar-refractivity contribution in [2.24, 2.45) is 0 Å². The van der Waals surface area contributed by atoms with E-state index in [0.29, 0.717) is 10.2 Å². The van der Waals surface area contributed by atoms with E-state index in [1.54, 1.807) is 39.8 Å². The first-order chi connectivity index (χ1) is 9.69. The number of benzene rings is 1. The van der Waals surface area contributed by atoms with Crippen molar-refractivity contribution in [1.29, 1.82) is 0 Å². The molecule has 120 valence electrons. The number of rotatable bonds is 7. The maximum atomic E-state index is 14.9.